The fraction of sp³-hybridized carbons (Fsp3) is 0.588. The molecule has 0 saturated carbocycles. The molecule has 0 amide bonds. The molecule has 0 saturated heterocycles. The van der Waals surface area contributed by atoms with Crippen molar-refractivity contribution < 1.29 is 24.3 Å². The van der Waals surface area contributed by atoms with Crippen LogP contribution in [0.4, 0.5) is 4.39 Å². The van der Waals surface area contributed by atoms with E-state index >= 15 is 0 Å². The van der Waals surface area contributed by atoms with Crippen LogP contribution in [0.2, 0.25) is 6.32 Å². The van der Waals surface area contributed by atoms with Crippen molar-refractivity contribution in [1.29, 1.82) is 0 Å². The molecule has 0 aromatic heterocycles. The van der Waals surface area contributed by atoms with Gasteiger partial charge in [-0.15, -0.1) is 0 Å². The number of fused-ring (bicyclic) bond motifs is 1. The van der Waals surface area contributed by atoms with Gasteiger partial charge >= 0.3 is 13.1 Å². The molecule has 1 aliphatic rings. The van der Waals surface area contributed by atoms with E-state index in [9.17, 15) is 14.3 Å². The highest BCUT2D eigenvalue weighted by atomic mass is 19.1. The van der Waals surface area contributed by atoms with Gasteiger partial charge in [0.25, 0.3) is 0 Å². The summed E-state index contributed by atoms with van der Waals surface area (Å²) in [4.78, 5) is 11.8. The maximum atomic E-state index is 14.4. The van der Waals surface area contributed by atoms with Crippen LogP contribution < -0.4 is 5.32 Å². The molecule has 1 aromatic carbocycles. The van der Waals surface area contributed by atoms with Crippen molar-refractivity contribution in [2.75, 3.05) is 7.05 Å². The number of halogens is 1. The van der Waals surface area contributed by atoms with E-state index in [0.717, 1.165) is 5.56 Å². The van der Waals surface area contributed by atoms with Gasteiger partial charge in [0.2, 0.25) is 0 Å². The van der Waals surface area contributed by atoms with E-state index in [2.05, 4.69) is 5.32 Å². The summed E-state index contributed by atoms with van der Waals surface area (Å²) in [6, 6.07) is 3.03. The summed E-state index contributed by atoms with van der Waals surface area (Å²) < 4.78 is 14.4. The predicted octanol–water partition coefficient (Wildman–Crippen LogP) is 2.09. The number of hydrogen-bond acceptors (Lipinski definition) is 4. The predicted molar refractivity (Wildman–Crippen MR) is 90.3 cm³/mol. The molecular formula is C17H25BFNO4. The maximum Gasteiger partial charge on any atom is 0.451 e. The number of nitrogens with one attached hydrogen (secondary N) is 1. The van der Waals surface area contributed by atoms with Crippen molar-refractivity contribution in [3.63, 3.8) is 0 Å². The first-order chi connectivity index (χ1) is 11.4. The van der Waals surface area contributed by atoms with Gasteiger partial charge in [-0.25, -0.2) is 4.39 Å². The second-order valence-electron chi connectivity index (χ2n) is 6.51. The van der Waals surface area contributed by atoms with Crippen molar-refractivity contribution in [2.45, 2.75) is 50.9 Å². The molecule has 7 heteroatoms. The minimum atomic E-state index is -1.37. The van der Waals surface area contributed by atoms with E-state index in [1.165, 1.54) is 6.07 Å². The van der Waals surface area contributed by atoms with E-state index in [1.807, 2.05) is 6.92 Å². The summed E-state index contributed by atoms with van der Waals surface area (Å²) in [6.45, 7) is 1.95. The van der Waals surface area contributed by atoms with Crippen LogP contribution in [0.5, 0.6) is 0 Å². The molecule has 0 spiro atoms. The zero-order chi connectivity index (χ0) is 17.9. The van der Waals surface area contributed by atoms with Crippen LogP contribution in [0.3, 0.4) is 0 Å². The van der Waals surface area contributed by atoms with Crippen LogP contribution in [0, 0.1) is 11.7 Å². The molecule has 1 aromatic rings. The smallest absolute Gasteiger partial charge is 0.451 e. The van der Waals surface area contributed by atoms with Gasteiger partial charge in [-0.05, 0) is 55.7 Å². The largest absolute Gasteiger partial charge is 0.481 e. The van der Waals surface area contributed by atoms with Gasteiger partial charge in [0, 0.05) is 11.6 Å². The Morgan fingerprint density at radius 3 is 2.71 bits per heavy atom. The first-order valence-corrected chi connectivity index (χ1v) is 8.47. The SMILES string of the molecule is CCC(NC)c1cc2c(cc1F)CC(CCCB(O)O)C2C(=O)O. The topological polar surface area (TPSA) is 89.8 Å². The summed E-state index contributed by atoms with van der Waals surface area (Å²) in [5.41, 5.74) is 1.96. The Hall–Kier alpha value is -1.44. The molecule has 4 N–H and O–H groups in total. The lowest BCUT2D eigenvalue weighted by molar-refractivity contribution is -0.139. The summed E-state index contributed by atoms with van der Waals surface area (Å²) in [5.74, 6) is -2.01. The number of carboxylic acid groups (broad SMARTS) is 1. The maximum absolute atomic E-state index is 14.4. The second kappa shape index (κ2) is 8.10. The summed E-state index contributed by atoms with van der Waals surface area (Å²) in [7, 11) is 0.389. The number of aliphatic carboxylic acids is 1. The lowest BCUT2D eigenvalue weighted by Gasteiger charge is -2.19. The average molecular weight is 337 g/mol. The van der Waals surface area contributed by atoms with Crippen molar-refractivity contribution in [2.24, 2.45) is 5.92 Å². The molecular weight excluding hydrogens is 312 g/mol. The Kier molecular flexibility index (Phi) is 6.37. The molecule has 24 heavy (non-hydrogen) atoms. The van der Waals surface area contributed by atoms with Gasteiger partial charge in [0.05, 0.1) is 5.92 Å². The molecule has 0 fully saturated rings. The van der Waals surface area contributed by atoms with Crippen molar-refractivity contribution in [3.05, 3.63) is 34.6 Å². The van der Waals surface area contributed by atoms with Crippen LogP contribution in [0.25, 0.3) is 0 Å². The van der Waals surface area contributed by atoms with Gasteiger partial charge in [0.1, 0.15) is 5.82 Å². The quantitative estimate of drug-likeness (QED) is 0.546. The summed E-state index contributed by atoms with van der Waals surface area (Å²) >= 11 is 0. The Labute approximate surface area is 142 Å². The van der Waals surface area contributed by atoms with E-state index in [-0.39, 0.29) is 24.1 Å². The van der Waals surface area contributed by atoms with Gasteiger partial charge in [-0.2, -0.15) is 0 Å². The zero-order valence-corrected chi connectivity index (χ0v) is 14.1. The van der Waals surface area contributed by atoms with Crippen molar-refractivity contribution >= 4 is 13.1 Å². The zero-order valence-electron chi connectivity index (χ0n) is 14.1. The molecule has 132 valence electrons. The molecule has 3 unspecified atom stereocenters. The summed E-state index contributed by atoms with van der Waals surface area (Å²) in [5, 5.41) is 30.6. The molecule has 2 rings (SSSR count). The van der Waals surface area contributed by atoms with Crippen LogP contribution >= 0.6 is 0 Å². The minimum Gasteiger partial charge on any atom is -0.481 e. The third-order valence-corrected chi connectivity index (χ3v) is 4.98. The molecule has 3 atom stereocenters. The van der Waals surface area contributed by atoms with Crippen LogP contribution in [-0.4, -0.2) is 35.3 Å². The van der Waals surface area contributed by atoms with Crippen LogP contribution in [-0.2, 0) is 11.2 Å². The molecule has 5 nitrogen and oxygen atoms in total. The van der Waals surface area contributed by atoms with Gasteiger partial charge in [0.15, 0.2) is 0 Å². The number of hydrogen-bond donors (Lipinski definition) is 4. The molecule has 0 heterocycles. The first-order valence-electron chi connectivity index (χ1n) is 8.47. The monoisotopic (exact) mass is 337 g/mol. The van der Waals surface area contributed by atoms with Gasteiger partial charge < -0.3 is 20.5 Å². The normalized spacial score (nSPS) is 20.7. The molecule has 0 aliphatic heterocycles. The van der Waals surface area contributed by atoms with E-state index in [4.69, 9.17) is 10.0 Å². The third kappa shape index (κ3) is 3.96. The molecule has 1 aliphatic carbocycles. The van der Waals surface area contributed by atoms with E-state index in [0.29, 0.717) is 36.8 Å². The Morgan fingerprint density at radius 1 is 1.46 bits per heavy atom. The van der Waals surface area contributed by atoms with Crippen molar-refractivity contribution in [1.82, 2.24) is 5.32 Å². The summed E-state index contributed by atoms with van der Waals surface area (Å²) in [6.07, 6.45) is 2.55. The highest BCUT2D eigenvalue weighted by molar-refractivity contribution is 6.40. The van der Waals surface area contributed by atoms with Crippen LogP contribution in [0.1, 0.15) is 54.8 Å². The highest BCUT2D eigenvalue weighted by Gasteiger charge is 2.38. The Balaban J connectivity index is 2.29. The Morgan fingerprint density at radius 2 is 2.17 bits per heavy atom. The Bertz CT molecular complexity index is 592. The minimum absolute atomic E-state index is 0.138. The fourth-order valence-electron chi connectivity index (χ4n) is 3.78. The first kappa shape index (κ1) is 18.9. The average Bonchev–Trinajstić information content (AvgIpc) is 2.85. The number of carbonyl (C=O) groups is 1. The number of rotatable bonds is 8. The van der Waals surface area contributed by atoms with E-state index in [1.54, 1.807) is 13.1 Å². The molecule has 0 bridgehead atoms. The van der Waals surface area contributed by atoms with Crippen LogP contribution in [0.15, 0.2) is 12.1 Å². The molecule has 0 radical (unpaired) electrons. The number of carboxylic acids is 1. The standard InChI is InChI=1S/C17H25BFNO4/c1-3-15(20-2)13-9-12-11(8-14(13)19)7-10(16(12)17(21)22)5-4-6-18(23)24/h8-10,15-16,20,23-24H,3-7H2,1-2H3,(H,21,22). The lowest BCUT2D eigenvalue weighted by Crippen LogP contribution is -2.20. The number of benzene rings is 1. The third-order valence-electron chi connectivity index (χ3n) is 4.98. The van der Waals surface area contributed by atoms with Crippen molar-refractivity contribution in [3.8, 4) is 0 Å². The van der Waals surface area contributed by atoms with Gasteiger partial charge in [-0.3, -0.25) is 4.79 Å². The highest BCUT2D eigenvalue weighted by Crippen LogP contribution is 2.42. The second-order valence-corrected chi connectivity index (χ2v) is 6.51. The fourth-order valence-corrected chi connectivity index (χ4v) is 3.78. The lowest BCUT2D eigenvalue weighted by atomic mass is 9.80. The van der Waals surface area contributed by atoms with Gasteiger partial charge in [-0.1, -0.05) is 19.4 Å². The van der Waals surface area contributed by atoms with E-state index < -0.39 is 19.0 Å².